The smallest absolute Gasteiger partial charge is 0.137 e. The molecule has 10 aromatic rings. The maximum atomic E-state index is 6.80. The van der Waals surface area contributed by atoms with Gasteiger partial charge in [0.1, 0.15) is 24.0 Å². The van der Waals surface area contributed by atoms with E-state index >= 15 is 0 Å². The van der Waals surface area contributed by atoms with Crippen molar-refractivity contribution in [3.05, 3.63) is 194 Å². The van der Waals surface area contributed by atoms with Crippen LogP contribution in [0.3, 0.4) is 0 Å². The number of para-hydroxylation sites is 3. The molecule has 4 heterocycles. The average molecular weight is 795 g/mol. The van der Waals surface area contributed by atoms with Gasteiger partial charge in [-0.3, -0.25) is 4.57 Å². The van der Waals surface area contributed by atoms with Crippen molar-refractivity contribution in [1.29, 1.82) is 0 Å². The van der Waals surface area contributed by atoms with Gasteiger partial charge in [-0.15, -0.1) is 11.3 Å². The van der Waals surface area contributed by atoms with Gasteiger partial charge < -0.3 is 14.5 Å². The molecule has 0 saturated carbocycles. The van der Waals surface area contributed by atoms with Crippen LogP contribution in [0.4, 0.5) is 22.7 Å². The Balaban J connectivity index is 0.989. The molecule has 0 fully saturated rings. The Bertz CT molecular complexity index is 3160. The first-order valence-corrected chi connectivity index (χ1v) is 21.3. The summed E-state index contributed by atoms with van der Waals surface area (Å²) < 4.78 is 11.6. The minimum absolute atomic E-state index is 0.0158. The van der Waals surface area contributed by atoms with Gasteiger partial charge in [0.25, 0.3) is 0 Å². The van der Waals surface area contributed by atoms with Gasteiger partial charge in [0.15, 0.2) is 0 Å². The highest BCUT2D eigenvalue weighted by Gasteiger charge is 2.31. The van der Waals surface area contributed by atoms with Crippen LogP contribution in [-0.2, 0) is 5.41 Å². The van der Waals surface area contributed by atoms with Crippen molar-refractivity contribution in [2.75, 3.05) is 16.5 Å². The number of nitrogens with zero attached hydrogens (tertiary/aromatic N) is 4. The fourth-order valence-corrected chi connectivity index (χ4v) is 9.99. The topological polar surface area (TPSA) is 33.5 Å². The number of pyridine rings is 1. The molecule has 11 rings (SSSR count). The largest absolute Gasteiger partial charge is 0.457 e. The third-order valence-electron chi connectivity index (χ3n) is 11.7. The van der Waals surface area contributed by atoms with Gasteiger partial charge >= 0.3 is 0 Å². The lowest BCUT2D eigenvalue weighted by Gasteiger charge is -2.27. The number of hydrogen-bond donors (Lipinski definition) is 0. The molecule has 5 nitrogen and oxygen atoms in total. The van der Waals surface area contributed by atoms with Gasteiger partial charge in [-0.2, -0.15) is 0 Å². The van der Waals surface area contributed by atoms with Crippen LogP contribution >= 0.6 is 11.3 Å². The fourth-order valence-electron chi connectivity index (χ4n) is 8.77. The summed E-state index contributed by atoms with van der Waals surface area (Å²) >= 11 is 1.84. The molecule has 0 radical (unpaired) electrons. The predicted molar refractivity (Wildman–Crippen MR) is 252 cm³/mol. The minimum Gasteiger partial charge on any atom is -0.457 e. The summed E-state index contributed by atoms with van der Waals surface area (Å²) in [7, 11) is 0. The van der Waals surface area contributed by atoms with E-state index in [0.29, 0.717) is 6.67 Å². The van der Waals surface area contributed by atoms with Gasteiger partial charge in [0.2, 0.25) is 0 Å². The first-order chi connectivity index (χ1) is 29.4. The Morgan fingerprint density at radius 2 is 1.22 bits per heavy atom. The molecule has 7 aromatic carbocycles. The molecule has 0 spiro atoms. The molecular weight excluding hydrogens is 753 g/mol. The van der Waals surface area contributed by atoms with E-state index in [9.17, 15) is 0 Å². The quantitative estimate of drug-likeness (QED) is 0.161. The molecule has 290 valence electrons. The first-order valence-electron chi connectivity index (χ1n) is 20.5. The molecule has 0 N–H and O–H groups in total. The van der Waals surface area contributed by atoms with E-state index in [2.05, 4.69) is 211 Å². The lowest BCUT2D eigenvalue weighted by molar-refractivity contribution is 0.483. The summed E-state index contributed by atoms with van der Waals surface area (Å²) in [6.45, 7) is 7.38. The van der Waals surface area contributed by atoms with Gasteiger partial charge in [-0.1, -0.05) is 136 Å². The number of benzene rings is 7. The van der Waals surface area contributed by atoms with Crippen LogP contribution in [0.1, 0.15) is 26.3 Å². The molecule has 0 amide bonds. The Morgan fingerprint density at radius 3 is 1.95 bits per heavy atom. The third-order valence-corrected chi connectivity index (χ3v) is 12.9. The van der Waals surface area contributed by atoms with Gasteiger partial charge in [0, 0.05) is 50.6 Å². The highest BCUT2D eigenvalue weighted by Crippen LogP contribution is 2.50. The van der Waals surface area contributed by atoms with E-state index in [4.69, 9.17) is 9.72 Å². The number of thiophene rings is 1. The lowest BCUT2D eigenvalue weighted by atomic mass is 9.88. The number of rotatable bonds is 7. The number of fused-ring (bicyclic) bond motifs is 6. The Labute approximate surface area is 354 Å². The normalized spacial score (nSPS) is 12.8. The van der Waals surface area contributed by atoms with Crippen LogP contribution in [0.15, 0.2) is 188 Å². The van der Waals surface area contributed by atoms with Crippen molar-refractivity contribution in [3.63, 3.8) is 0 Å². The number of hydrogen-bond acceptors (Lipinski definition) is 5. The van der Waals surface area contributed by atoms with Crippen LogP contribution in [0.5, 0.6) is 11.5 Å². The molecule has 0 bridgehead atoms. The third kappa shape index (κ3) is 6.11. The van der Waals surface area contributed by atoms with E-state index in [1.54, 1.807) is 0 Å². The number of aromatic nitrogens is 2. The Hall–Kier alpha value is -7.15. The Morgan fingerprint density at radius 1 is 0.567 bits per heavy atom. The SMILES string of the molecule is CC(C)(C)c1ccnc(-n2c3cc(Oc4cccc(N5CN(c6c(-c7ccccc7)cccc6-c6ccccc6)c6ccccc65)c4)ccc3c3sc4ccccc4c32)c1. The van der Waals surface area contributed by atoms with Crippen LogP contribution < -0.4 is 14.5 Å². The van der Waals surface area contributed by atoms with Gasteiger partial charge in [-0.25, -0.2) is 4.98 Å². The van der Waals surface area contributed by atoms with Crippen molar-refractivity contribution >= 4 is 65.3 Å². The molecule has 0 aliphatic carbocycles. The highest BCUT2D eigenvalue weighted by atomic mass is 32.1. The van der Waals surface area contributed by atoms with E-state index in [-0.39, 0.29) is 5.41 Å². The molecular formula is C54H42N4OS. The molecule has 3 aromatic heterocycles. The standard InChI is InChI=1S/C54H42N4OS/c1-54(2,3)38-30-31-55-50(32-38)58-48-34-41(28-29-44(48)53-52(58)45-22-10-13-27-49(45)60-53)59-40-21-14-20-39(33-40)56-35-57(47-26-12-11-25-46(47)56)51-42(36-16-6-4-7-17-36)23-15-24-43(51)37-18-8-5-9-19-37/h4-34H,35H2,1-3H3. The molecule has 1 aliphatic heterocycles. The summed E-state index contributed by atoms with van der Waals surface area (Å²) in [5, 5.41) is 2.42. The highest BCUT2D eigenvalue weighted by molar-refractivity contribution is 7.26. The van der Waals surface area contributed by atoms with Crippen molar-refractivity contribution in [2.24, 2.45) is 0 Å². The number of anilines is 4. The molecule has 0 atom stereocenters. The summed E-state index contributed by atoms with van der Waals surface area (Å²) in [5.74, 6) is 2.46. The summed E-state index contributed by atoms with van der Waals surface area (Å²) in [6.07, 6.45) is 1.94. The fraction of sp³-hybridized carbons (Fsp3) is 0.0926. The first kappa shape index (κ1) is 36.0. The van der Waals surface area contributed by atoms with E-state index in [0.717, 1.165) is 39.9 Å². The Kier molecular flexibility index (Phi) is 8.57. The number of ether oxygens (including phenoxy) is 1. The van der Waals surface area contributed by atoms with Crippen molar-refractivity contribution in [3.8, 4) is 39.6 Å². The second-order valence-corrected chi connectivity index (χ2v) is 17.5. The summed E-state index contributed by atoms with van der Waals surface area (Å²) in [5.41, 5.74) is 12.8. The van der Waals surface area contributed by atoms with Crippen LogP contribution in [0.25, 0.3) is 59.3 Å². The van der Waals surface area contributed by atoms with Crippen LogP contribution in [0.2, 0.25) is 0 Å². The zero-order chi connectivity index (χ0) is 40.4. The predicted octanol–water partition coefficient (Wildman–Crippen LogP) is 15.1. The molecule has 6 heteroatoms. The zero-order valence-corrected chi connectivity index (χ0v) is 34.5. The van der Waals surface area contributed by atoms with Gasteiger partial charge in [0.05, 0.1) is 32.8 Å². The van der Waals surface area contributed by atoms with Crippen LogP contribution in [-0.4, -0.2) is 16.2 Å². The van der Waals surface area contributed by atoms with E-state index < -0.39 is 0 Å². The average Bonchev–Trinajstić information content (AvgIpc) is 3.96. The lowest BCUT2D eigenvalue weighted by Crippen LogP contribution is -2.24. The summed E-state index contributed by atoms with van der Waals surface area (Å²) in [6, 6.07) is 64.8. The van der Waals surface area contributed by atoms with E-state index in [1.165, 1.54) is 59.2 Å². The summed E-state index contributed by atoms with van der Waals surface area (Å²) in [4.78, 5) is 9.82. The second-order valence-electron chi connectivity index (χ2n) is 16.5. The molecule has 0 saturated heterocycles. The van der Waals surface area contributed by atoms with E-state index in [1.807, 2.05) is 23.6 Å². The van der Waals surface area contributed by atoms with Crippen molar-refractivity contribution in [2.45, 2.75) is 26.2 Å². The molecule has 1 aliphatic rings. The maximum absolute atomic E-state index is 6.80. The zero-order valence-electron chi connectivity index (χ0n) is 33.7. The van der Waals surface area contributed by atoms with Gasteiger partial charge in [-0.05, 0) is 76.7 Å². The minimum atomic E-state index is -0.0158. The van der Waals surface area contributed by atoms with Crippen LogP contribution in [0, 0.1) is 0 Å². The second kappa shape index (κ2) is 14.3. The van der Waals surface area contributed by atoms with Crippen molar-refractivity contribution < 1.29 is 4.74 Å². The van der Waals surface area contributed by atoms with Crippen molar-refractivity contribution in [1.82, 2.24) is 9.55 Å². The maximum Gasteiger partial charge on any atom is 0.137 e. The molecule has 60 heavy (non-hydrogen) atoms. The molecule has 0 unspecified atom stereocenters. The monoisotopic (exact) mass is 794 g/mol.